The van der Waals surface area contributed by atoms with E-state index < -0.39 is 23.7 Å². The second-order valence-corrected chi connectivity index (χ2v) is 4.21. The lowest BCUT2D eigenvalue weighted by Crippen LogP contribution is -2.29. The first-order valence-corrected chi connectivity index (χ1v) is 5.92. The molecule has 0 aromatic heterocycles. The van der Waals surface area contributed by atoms with E-state index in [4.69, 9.17) is 4.74 Å². The van der Waals surface area contributed by atoms with Crippen LogP contribution >= 0.6 is 0 Å². The van der Waals surface area contributed by atoms with Crippen LogP contribution in [0, 0.1) is 5.92 Å². The highest BCUT2D eigenvalue weighted by molar-refractivity contribution is 6.14. The zero-order valence-electron chi connectivity index (χ0n) is 10.8. The Morgan fingerprint density at radius 3 is 2.44 bits per heavy atom. The highest BCUT2D eigenvalue weighted by Crippen LogP contribution is 2.21. The summed E-state index contributed by atoms with van der Waals surface area (Å²) in [6, 6.07) is 6.36. The maximum Gasteiger partial charge on any atom is 0.221 e. The molecule has 1 unspecified atom stereocenters. The van der Waals surface area contributed by atoms with Crippen molar-refractivity contribution < 1.29 is 18.7 Å². The van der Waals surface area contributed by atoms with E-state index in [1.54, 1.807) is 39.0 Å². The minimum absolute atomic E-state index is 0.112. The molecule has 1 aromatic rings. The van der Waals surface area contributed by atoms with Crippen LogP contribution in [0.5, 0.6) is 5.75 Å². The van der Waals surface area contributed by atoms with Crippen LogP contribution in [0.2, 0.25) is 0 Å². The van der Waals surface area contributed by atoms with Crippen molar-refractivity contribution in [1.29, 1.82) is 0 Å². The summed E-state index contributed by atoms with van der Waals surface area (Å²) < 4.78 is 19.0. The van der Waals surface area contributed by atoms with Crippen LogP contribution in [-0.2, 0) is 4.79 Å². The number of para-hydroxylation sites is 1. The molecule has 0 heterocycles. The van der Waals surface area contributed by atoms with E-state index in [9.17, 15) is 14.0 Å². The smallest absolute Gasteiger partial charge is 0.221 e. The molecule has 0 aliphatic heterocycles. The van der Waals surface area contributed by atoms with E-state index in [1.807, 2.05) is 0 Å². The van der Waals surface area contributed by atoms with Gasteiger partial charge in [0.2, 0.25) is 12.0 Å². The van der Waals surface area contributed by atoms with Gasteiger partial charge in [0, 0.05) is 5.92 Å². The second kappa shape index (κ2) is 6.28. The Morgan fingerprint density at radius 1 is 1.28 bits per heavy atom. The fourth-order valence-corrected chi connectivity index (χ4v) is 1.51. The number of rotatable bonds is 6. The van der Waals surface area contributed by atoms with Crippen LogP contribution in [0.25, 0.3) is 0 Å². The summed E-state index contributed by atoms with van der Waals surface area (Å²) >= 11 is 0. The average Bonchev–Trinajstić information content (AvgIpc) is 2.37. The van der Waals surface area contributed by atoms with Gasteiger partial charge in [0.1, 0.15) is 5.75 Å². The summed E-state index contributed by atoms with van der Waals surface area (Å²) in [6.07, 6.45) is -2.12. The van der Waals surface area contributed by atoms with Gasteiger partial charge in [-0.3, -0.25) is 9.59 Å². The molecule has 0 saturated heterocycles. The lowest BCUT2D eigenvalue weighted by molar-refractivity contribution is -0.125. The Balaban J connectivity index is 3.00. The van der Waals surface area contributed by atoms with E-state index in [-0.39, 0.29) is 5.56 Å². The first-order valence-electron chi connectivity index (χ1n) is 5.92. The number of carbonyl (C=O) groups excluding carboxylic acids is 2. The maximum absolute atomic E-state index is 13.8. The van der Waals surface area contributed by atoms with Gasteiger partial charge < -0.3 is 4.74 Å². The van der Waals surface area contributed by atoms with Gasteiger partial charge in [0.15, 0.2) is 5.78 Å². The molecule has 0 aliphatic carbocycles. The highest BCUT2D eigenvalue weighted by Gasteiger charge is 2.30. The predicted octanol–water partition coefficient (Wildman–Crippen LogP) is 2.83. The predicted molar refractivity (Wildman–Crippen MR) is 66.7 cm³/mol. The van der Waals surface area contributed by atoms with Gasteiger partial charge in [0.05, 0.1) is 12.2 Å². The van der Waals surface area contributed by atoms with Gasteiger partial charge in [-0.25, -0.2) is 4.39 Å². The fraction of sp³-hybridized carbons (Fsp3) is 0.429. The SMILES string of the molecule is CCOc1ccccc1C(=O)C(F)C(=O)C(C)C. The molecule has 0 saturated carbocycles. The summed E-state index contributed by atoms with van der Waals surface area (Å²) in [4.78, 5) is 23.4. The van der Waals surface area contributed by atoms with Crippen molar-refractivity contribution in [3.8, 4) is 5.75 Å². The maximum atomic E-state index is 13.8. The van der Waals surface area contributed by atoms with Crippen LogP contribution < -0.4 is 4.74 Å². The molecular formula is C14H17FO3. The topological polar surface area (TPSA) is 43.4 Å². The number of ketones is 2. The molecule has 0 amide bonds. The molecule has 0 aliphatic rings. The molecule has 18 heavy (non-hydrogen) atoms. The van der Waals surface area contributed by atoms with E-state index in [0.717, 1.165) is 0 Å². The monoisotopic (exact) mass is 252 g/mol. The molecule has 0 fully saturated rings. The van der Waals surface area contributed by atoms with Gasteiger partial charge in [-0.1, -0.05) is 26.0 Å². The Labute approximate surface area is 106 Å². The third-order valence-corrected chi connectivity index (χ3v) is 2.50. The molecule has 3 nitrogen and oxygen atoms in total. The van der Waals surface area contributed by atoms with Gasteiger partial charge in [-0.15, -0.1) is 0 Å². The standard InChI is InChI=1S/C14H17FO3/c1-4-18-11-8-6-5-7-10(11)14(17)12(15)13(16)9(2)3/h5-9,12H,4H2,1-3H3. The third kappa shape index (κ3) is 3.15. The minimum atomic E-state index is -2.12. The van der Waals surface area contributed by atoms with E-state index in [0.29, 0.717) is 12.4 Å². The fourth-order valence-electron chi connectivity index (χ4n) is 1.51. The number of hydrogen-bond acceptors (Lipinski definition) is 3. The van der Waals surface area contributed by atoms with Crippen molar-refractivity contribution in [2.24, 2.45) is 5.92 Å². The molecule has 1 rings (SSSR count). The number of halogens is 1. The first kappa shape index (κ1) is 14.4. The van der Waals surface area contributed by atoms with Crippen LogP contribution in [0.1, 0.15) is 31.1 Å². The Morgan fingerprint density at radius 2 is 1.89 bits per heavy atom. The van der Waals surface area contributed by atoms with Crippen molar-refractivity contribution >= 4 is 11.6 Å². The molecule has 4 heteroatoms. The Hall–Kier alpha value is -1.71. The largest absolute Gasteiger partial charge is 0.493 e. The van der Waals surface area contributed by atoms with Crippen LogP contribution in [0.15, 0.2) is 24.3 Å². The highest BCUT2D eigenvalue weighted by atomic mass is 19.1. The van der Waals surface area contributed by atoms with Gasteiger partial charge in [0.25, 0.3) is 0 Å². The number of hydrogen-bond donors (Lipinski definition) is 0. The van der Waals surface area contributed by atoms with Gasteiger partial charge >= 0.3 is 0 Å². The lowest BCUT2D eigenvalue weighted by atomic mass is 9.97. The number of benzene rings is 1. The number of Topliss-reactive ketones (excluding diaryl/α,β-unsaturated/α-hetero) is 2. The third-order valence-electron chi connectivity index (χ3n) is 2.50. The second-order valence-electron chi connectivity index (χ2n) is 4.21. The number of ether oxygens (including phenoxy) is 1. The molecule has 1 atom stereocenters. The van der Waals surface area contributed by atoms with Crippen molar-refractivity contribution in [2.45, 2.75) is 26.9 Å². The molecule has 98 valence electrons. The molecule has 1 aromatic carbocycles. The van der Waals surface area contributed by atoms with Gasteiger partial charge in [-0.05, 0) is 19.1 Å². The van der Waals surface area contributed by atoms with Crippen LogP contribution in [-0.4, -0.2) is 24.3 Å². The Bertz CT molecular complexity index is 440. The van der Waals surface area contributed by atoms with Crippen molar-refractivity contribution in [2.75, 3.05) is 6.61 Å². The van der Waals surface area contributed by atoms with Gasteiger partial charge in [-0.2, -0.15) is 0 Å². The molecular weight excluding hydrogens is 235 g/mol. The van der Waals surface area contributed by atoms with Crippen molar-refractivity contribution in [3.05, 3.63) is 29.8 Å². The molecule has 0 radical (unpaired) electrons. The summed E-state index contributed by atoms with van der Waals surface area (Å²) in [5, 5.41) is 0. The lowest BCUT2D eigenvalue weighted by Gasteiger charge is -2.12. The van der Waals surface area contributed by atoms with E-state index >= 15 is 0 Å². The van der Waals surface area contributed by atoms with E-state index in [1.165, 1.54) is 6.07 Å². The summed E-state index contributed by atoms with van der Waals surface area (Å²) in [5.41, 5.74) is 0.112. The molecule has 0 N–H and O–H groups in total. The molecule has 0 spiro atoms. The average molecular weight is 252 g/mol. The normalized spacial score (nSPS) is 12.3. The minimum Gasteiger partial charge on any atom is -0.493 e. The summed E-state index contributed by atoms with van der Waals surface area (Å²) in [6.45, 7) is 5.28. The summed E-state index contributed by atoms with van der Waals surface area (Å²) in [7, 11) is 0. The zero-order chi connectivity index (χ0) is 13.7. The number of carbonyl (C=O) groups is 2. The number of alkyl halides is 1. The molecule has 0 bridgehead atoms. The van der Waals surface area contributed by atoms with E-state index in [2.05, 4.69) is 0 Å². The summed E-state index contributed by atoms with van der Waals surface area (Å²) in [5.74, 6) is -1.74. The first-order chi connectivity index (χ1) is 8.49. The quantitative estimate of drug-likeness (QED) is 0.577. The van der Waals surface area contributed by atoms with Crippen LogP contribution in [0.4, 0.5) is 4.39 Å². The Kier molecular flexibility index (Phi) is 5.01. The van der Waals surface area contributed by atoms with Crippen molar-refractivity contribution in [1.82, 2.24) is 0 Å². The zero-order valence-corrected chi connectivity index (χ0v) is 10.8. The van der Waals surface area contributed by atoms with Crippen molar-refractivity contribution in [3.63, 3.8) is 0 Å². The van der Waals surface area contributed by atoms with Crippen LogP contribution in [0.3, 0.4) is 0 Å².